The summed E-state index contributed by atoms with van der Waals surface area (Å²) in [5, 5.41) is 2.57. The predicted octanol–water partition coefficient (Wildman–Crippen LogP) is 1.43. The smallest absolute Gasteiger partial charge is 0.321 e. The highest BCUT2D eigenvalue weighted by Crippen LogP contribution is 2.21. The molecule has 0 fully saturated rings. The van der Waals surface area contributed by atoms with E-state index < -0.39 is 0 Å². The van der Waals surface area contributed by atoms with E-state index in [0.717, 1.165) is 5.69 Å². The molecule has 0 aliphatic carbocycles. The predicted molar refractivity (Wildman–Crippen MR) is 58.3 cm³/mol. The van der Waals surface area contributed by atoms with Crippen molar-refractivity contribution < 1.29 is 4.79 Å². The Hall–Kier alpha value is -1.71. The number of para-hydroxylation sites is 2. The highest BCUT2D eigenvalue weighted by atomic mass is 16.2. The average Bonchev–Trinajstić information content (AvgIpc) is 2.21. The maximum Gasteiger partial charge on any atom is 0.321 e. The van der Waals surface area contributed by atoms with E-state index in [1.54, 1.807) is 18.0 Å². The number of nitrogens with one attached hydrogen (secondary N) is 1. The lowest BCUT2D eigenvalue weighted by molar-refractivity contribution is 0.248. The molecule has 1 rings (SSSR count). The molecule has 4 nitrogen and oxygen atoms in total. The molecule has 1 aromatic rings. The van der Waals surface area contributed by atoms with Gasteiger partial charge in [0, 0.05) is 13.6 Å². The molecule has 0 saturated carbocycles. The molecule has 4 heteroatoms. The fraction of sp³-hybridized carbons (Fsp3) is 0.300. The van der Waals surface area contributed by atoms with Gasteiger partial charge in [0.15, 0.2) is 0 Å². The van der Waals surface area contributed by atoms with Crippen LogP contribution in [0, 0.1) is 0 Å². The second-order valence-corrected chi connectivity index (χ2v) is 2.86. The molecule has 0 aliphatic heterocycles. The summed E-state index contributed by atoms with van der Waals surface area (Å²) < 4.78 is 0. The van der Waals surface area contributed by atoms with Crippen molar-refractivity contribution in [3.63, 3.8) is 0 Å². The number of nitrogens with zero attached hydrogens (tertiary/aromatic N) is 1. The van der Waals surface area contributed by atoms with Crippen LogP contribution in [-0.2, 0) is 0 Å². The van der Waals surface area contributed by atoms with Crippen molar-refractivity contribution in [2.24, 2.45) is 0 Å². The highest BCUT2D eigenvalue weighted by molar-refractivity contribution is 5.94. The van der Waals surface area contributed by atoms with E-state index in [1.807, 2.05) is 25.1 Å². The Balaban J connectivity index is 3.01. The zero-order valence-electron chi connectivity index (χ0n) is 8.45. The van der Waals surface area contributed by atoms with Crippen molar-refractivity contribution >= 4 is 17.4 Å². The summed E-state index contributed by atoms with van der Waals surface area (Å²) in [6.07, 6.45) is 0. The molecule has 0 heterocycles. The Bertz CT molecular complexity index is 325. The fourth-order valence-corrected chi connectivity index (χ4v) is 1.29. The molecule has 0 spiro atoms. The lowest BCUT2D eigenvalue weighted by Gasteiger charge is -2.21. The van der Waals surface area contributed by atoms with Gasteiger partial charge in [-0.15, -0.1) is 0 Å². The third kappa shape index (κ3) is 1.96. The standard InChI is InChI=1S/C10H15N3O/c1-3-13(10(14)12-2)9-7-5-4-6-8(9)11/h4-7H,3,11H2,1-2H3,(H,12,14). The van der Waals surface area contributed by atoms with Crippen LogP contribution < -0.4 is 16.0 Å². The molecule has 0 radical (unpaired) electrons. The zero-order chi connectivity index (χ0) is 10.6. The van der Waals surface area contributed by atoms with Crippen molar-refractivity contribution in [1.29, 1.82) is 0 Å². The number of carbonyl (C=O) groups excluding carboxylic acids is 1. The molecule has 1 aromatic carbocycles. The zero-order valence-corrected chi connectivity index (χ0v) is 8.45. The Morgan fingerprint density at radius 1 is 1.50 bits per heavy atom. The molecular weight excluding hydrogens is 178 g/mol. The van der Waals surface area contributed by atoms with Gasteiger partial charge in [-0.3, -0.25) is 4.90 Å². The Morgan fingerprint density at radius 2 is 2.14 bits per heavy atom. The monoisotopic (exact) mass is 193 g/mol. The minimum Gasteiger partial charge on any atom is -0.397 e. The van der Waals surface area contributed by atoms with E-state index in [0.29, 0.717) is 12.2 Å². The number of hydrogen-bond acceptors (Lipinski definition) is 2. The maximum atomic E-state index is 11.5. The number of rotatable bonds is 2. The quantitative estimate of drug-likeness (QED) is 0.698. The second-order valence-electron chi connectivity index (χ2n) is 2.86. The van der Waals surface area contributed by atoms with E-state index >= 15 is 0 Å². The van der Waals surface area contributed by atoms with Crippen molar-refractivity contribution in [2.45, 2.75) is 6.92 Å². The number of benzene rings is 1. The van der Waals surface area contributed by atoms with Gasteiger partial charge < -0.3 is 11.1 Å². The van der Waals surface area contributed by atoms with Gasteiger partial charge in [-0.25, -0.2) is 4.79 Å². The van der Waals surface area contributed by atoms with E-state index in [-0.39, 0.29) is 6.03 Å². The molecule has 0 unspecified atom stereocenters. The van der Waals surface area contributed by atoms with Gasteiger partial charge >= 0.3 is 6.03 Å². The van der Waals surface area contributed by atoms with Crippen LogP contribution in [0.4, 0.5) is 16.2 Å². The summed E-state index contributed by atoms with van der Waals surface area (Å²) in [4.78, 5) is 13.0. The Kier molecular flexibility index (Phi) is 3.34. The lowest BCUT2D eigenvalue weighted by Crippen LogP contribution is -2.38. The van der Waals surface area contributed by atoms with Crippen molar-refractivity contribution in [1.82, 2.24) is 5.32 Å². The SMILES string of the molecule is CCN(C(=O)NC)c1ccccc1N. The molecule has 2 amide bonds. The third-order valence-corrected chi connectivity index (χ3v) is 2.00. The van der Waals surface area contributed by atoms with Crippen LogP contribution in [0.2, 0.25) is 0 Å². The lowest BCUT2D eigenvalue weighted by atomic mass is 10.2. The van der Waals surface area contributed by atoms with Crippen LogP contribution in [0.1, 0.15) is 6.92 Å². The van der Waals surface area contributed by atoms with E-state index in [1.165, 1.54) is 0 Å². The first-order chi connectivity index (χ1) is 6.70. The summed E-state index contributed by atoms with van der Waals surface area (Å²) in [6.45, 7) is 2.50. The highest BCUT2D eigenvalue weighted by Gasteiger charge is 2.13. The van der Waals surface area contributed by atoms with Crippen molar-refractivity contribution in [3.8, 4) is 0 Å². The molecule has 14 heavy (non-hydrogen) atoms. The van der Waals surface area contributed by atoms with Gasteiger partial charge in [0.05, 0.1) is 11.4 Å². The molecule has 0 saturated heterocycles. The van der Waals surface area contributed by atoms with Gasteiger partial charge in [-0.2, -0.15) is 0 Å². The van der Waals surface area contributed by atoms with Crippen LogP contribution in [-0.4, -0.2) is 19.6 Å². The number of anilines is 2. The maximum absolute atomic E-state index is 11.5. The first-order valence-corrected chi connectivity index (χ1v) is 4.54. The molecule has 0 atom stereocenters. The van der Waals surface area contributed by atoms with Crippen molar-refractivity contribution in [2.75, 3.05) is 24.2 Å². The number of nitrogen functional groups attached to an aromatic ring is 1. The summed E-state index contributed by atoms with van der Waals surface area (Å²) in [5.41, 5.74) is 7.12. The second kappa shape index (κ2) is 4.50. The number of nitrogens with two attached hydrogens (primary N) is 1. The van der Waals surface area contributed by atoms with Crippen LogP contribution >= 0.6 is 0 Å². The summed E-state index contributed by atoms with van der Waals surface area (Å²) >= 11 is 0. The van der Waals surface area contributed by atoms with Gasteiger partial charge in [0.1, 0.15) is 0 Å². The first-order valence-electron chi connectivity index (χ1n) is 4.54. The van der Waals surface area contributed by atoms with Crippen LogP contribution in [0.3, 0.4) is 0 Å². The topological polar surface area (TPSA) is 58.4 Å². The fourth-order valence-electron chi connectivity index (χ4n) is 1.29. The number of hydrogen-bond donors (Lipinski definition) is 2. The summed E-state index contributed by atoms with van der Waals surface area (Å²) in [7, 11) is 1.60. The third-order valence-electron chi connectivity index (χ3n) is 2.00. The molecule has 0 aromatic heterocycles. The Morgan fingerprint density at radius 3 is 2.64 bits per heavy atom. The van der Waals surface area contributed by atoms with Crippen LogP contribution in [0.15, 0.2) is 24.3 Å². The van der Waals surface area contributed by atoms with Crippen LogP contribution in [0.5, 0.6) is 0 Å². The number of urea groups is 1. The first kappa shape index (κ1) is 10.4. The van der Waals surface area contributed by atoms with Crippen molar-refractivity contribution in [3.05, 3.63) is 24.3 Å². The minimum absolute atomic E-state index is 0.148. The number of carbonyl (C=O) groups is 1. The van der Waals surface area contributed by atoms with E-state index in [9.17, 15) is 4.79 Å². The number of amides is 2. The minimum atomic E-state index is -0.148. The van der Waals surface area contributed by atoms with Gasteiger partial charge in [-0.1, -0.05) is 12.1 Å². The molecular formula is C10H15N3O. The van der Waals surface area contributed by atoms with E-state index in [4.69, 9.17) is 5.73 Å². The average molecular weight is 193 g/mol. The normalized spacial score (nSPS) is 9.57. The van der Waals surface area contributed by atoms with E-state index in [2.05, 4.69) is 5.32 Å². The molecule has 76 valence electrons. The largest absolute Gasteiger partial charge is 0.397 e. The molecule has 0 bridgehead atoms. The summed E-state index contributed by atoms with van der Waals surface area (Å²) in [5.74, 6) is 0. The molecule has 0 aliphatic rings. The molecule has 3 N–H and O–H groups in total. The van der Waals surface area contributed by atoms with Crippen LogP contribution in [0.25, 0.3) is 0 Å². The van der Waals surface area contributed by atoms with Gasteiger partial charge in [0.2, 0.25) is 0 Å². The summed E-state index contributed by atoms with van der Waals surface area (Å²) in [6, 6.07) is 7.16. The van der Waals surface area contributed by atoms with Gasteiger partial charge in [0.25, 0.3) is 0 Å². The Labute approximate surface area is 83.7 Å². The van der Waals surface area contributed by atoms with Gasteiger partial charge in [-0.05, 0) is 19.1 Å².